The molecule has 0 bridgehead atoms. The molecule has 2 atom stereocenters. The van der Waals surface area contributed by atoms with Gasteiger partial charge in [-0.2, -0.15) is 0 Å². The quantitative estimate of drug-likeness (QED) is 0.495. The summed E-state index contributed by atoms with van der Waals surface area (Å²) >= 11 is 0. The fourth-order valence-electron chi connectivity index (χ4n) is 2.63. The lowest BCUT2D eigenvalue weighted by atomic mass is 9.99. The van der Waals surface area contributed by atoms with Gasteiger partial charge in [0.2, 0.25) is 0 Å². The normalized spacial score (nSPS) is 22.6. The molecule has 1 rings (SSSR count). The molecule has 0 aromatic carbocycles. The van der Waals surface area contributed by atoms with Gasteiger partial charge in [0, 0.05) is 6.61 Å². The second kappa shape index (κ2) is 9.94. The fourth-order valence-corrected chi connectivity index (χ4v) is 2.63. The maximum Gasteiger partial charge on any atom is 0.0575 e. The van der Waals surface area contributed by atoms with Crippen LogP contribution >= 0.6 is 0 Å². The van der Waals surface area contributed by atoms with Crippen LogP contribution in [0, 0.1) is 5.92 Å². The lowest BCUT2D eigenvalue weighted by Crippen LogP contribution is -2.18. The Hall–Kier alpha value is -0.0400. The number of unbranched alkanes of at least 4 members (excludes halogenated alkanes) is 4. The van der Waals surface area contributed by atoms with Crippen molar-refractivity contribution in [3.63, 3.8) is 0 Å². The first-order valence-electron chi connectivity index (χ1n) is 7.94. The Morgan fingerprint density at radius 2 is 1.82 bits per heavy atom. The molecule has 102 valence electrons. The largest absolute Gasteiger partial charge is 0.378 e. The summed E-state index contributed by atoms with van der Waals surface area (Å²) in [6.07, 6.45) is 15.8. The highest BCUT2D eigenvalue weighted by Crippen LogP contribution is 2.19. The van der Waals surface area contributed by atoms with Crippen LogP contribution in [-0.2, 0) is 4.74 Å². The Kier molecular flexibility index (Phi) is 8.78. The Balaban J connectivity index is 1.80. The van der Waals surface area contributed by atoms with Crippen molar-refractivity contribution in [3.05, 3.63) is 0 Å². The first-order valence-corrected chi connectivity index (χ1v) is 7.94. The van der Waals surface area contributed by atoms with E-state index in [0.717, 1.165) is 12.5 Å². The zero-order valence-electron chi connectivity index (χ0n) is 12.0. The van der Waals surface area contributed by atoms with E-state index in [-0.39, 0.29) is 0 Å². The first kappa shape index (κ1) is 15.0. The molecule has 17 heavy (non-hydrogen) atoms. The van der Waals surface area contributed by atoms with Crippen LogP contribution in [0.3, 0.4) is 0 Å². The molecule has 0 aromatic rings. The van der Waals surface area contributed by atoms with Crippen molar-refractivity contribution in [2.24, 2.45) is 5.92 Å². The van der Waals surface area contributed by atoms with Gasteiger partial charge in [-0.25, -0.2) is 0 Å². The molecule has 2 unspecified atom stereocenters. The average Bonchev–Trinajstić information content (AvgIpc) is 2.38. The molecule has 0 radical (unpaired) electrons. The van der Waals surface area contributed by atoms with Crippen molar-refractivity contribution in [3.8, 4) is 0 Å². The third-order valence-corrected chi connectivity index (χ3v) is 4.19. The monoisotopic (exact) mass is 240 g/mol. The molecule has 1 heteroatoms. The van der Waals surface area contributed by atoms with Gasteiger partial charge in [-0.3, -0.25) is 0 Å². The van der Waals surface area contributed by atoms with Gasteiger partial charge in [0.1, 0.15) is 0 Å². The van der Waals surface area contributed by atoms with Gasteiger partial charge in [0.05, 0.1) is 6.10 Å². The van der Waals surface area contributed by atoms with Crippen LogP contribution in [0.4, 0.5) is 0 Å². The van der Waals surface area contributed by atoms with E-state index in [1.165, 1.54) is 70.6 Å². The maximum absolute atomic E-state index is 5.75. The number of hydrogen-bond donors (Lipinski definition) is 0. The number of ether oxygens (including phenoxy) is 1. The summed E-state index contributed by atoms with van der Waals surface area (Å²) in [5, 5.41) is 0. The minimum Gasteiger partial charge on any atom is -0.378 e. The predicted molar refractivity (Wildman–Crippen MR) is 75.4 cm³/mol. The van der Waals surface area contributed by atoms with Crippen molar-refractivity contribution < 1.29 is 4.74 Å². The van der Waals surface area contributed by atoms with Gasteiger partial charge in [-0.05, 0) is 31.6 Å². The minimum atomic E-state index is 0.601. The van der Waals surface area contributed by atoms with Crippen LogP contribution < -0.4 is 0 Å². The van der Waals surface area contributed by atoms with E-state index < -0.39 is 0 Å². The molecule has 1 heterocycles. The molecule has 1 nitrogen and oxygen atoms in total. The summed E-state index contributed by atoms with van der Waals surface area (Å²) < 4.78 is 5.75. The molecule has 1 fully saturated rings. The zero-order chi connectivity index (χ0) is 12.3. The molecule has 0 aromatic heterocycles. The van der Waals surface area contributed by atoms with Crippen molar-refractivity contribution in [1.82, 2.24) is 0 Å². The van der Waals surface area contributed by atoms with Gasteiger partial charge in [-0.1, -0.05) is 58.8 Å². The van der Waals surface area contributed by atoms with Crippen LogP contribution in [0.5, 0.6) is 0 Å². The van der Waals surface area contributed by atoms with Gasteiger partial charge in [0.15, 0.2) is 0 Å². The topological polar surface area (TPSA) is 9.23 Å². The Labute approximate surface area is 108 Å². The van der Waals surface area contributed by atoms with Gasteiger partial charge in [0.25, 0.3) is 0 Å². The molecule has 0 saturated carbocycles. The van der Waals surface area contributed by atoms with E-state index in [0.29, 0.717) is 6.10 Å². The van der Waals surface area contributed by atoms with Crippen LogP contribution in [-0.4, -0.2) is 12.7 Å². The molecule has 0 spiro atoms. The SMILES string of the molecule is CCC(C)CCCCCCCC1CCCCO1. The Morgan fingerprint density at radius 1 is 1.06 bits per heavy atom. The van der Waals surface area contributed by atoms with E-state index in [2.05, 4.69) is 13.8 Å². The van der Waals surface area contributed by atoms with Gasteiger partial charge < -0.3 is 4.74 Å². The van der Waals surface area contributed by atoms with Gasteiger partial charge >= 0.3 is 0 Å². The zero-order valence-corrected chi connectivity index (χ0v) is 12.0. The van der Waals surface area contributed by atoms with E-state index in [1.807, 2.05) is 0 Å². The molecular formula is C16H32O. The summed E-state index contributed by atoms with van der Waals surface area (Å²) in [4.78, 5) is 0. The standard InChI is InChI=1S/C16H32O/c1-3-15(2)11-7-5-4-6-8-12-16-13-9-10-14-17-16/h15-16H,3-14H2,1-2H3. The Bertz CT molecular complexity index is 161. The second-order valence-electron chi connectivity index (χ2n) is 5.85. The summed E-state index contributed by atoms with van der Waals surface area (Å²) in [5.41, 5.74) is 0. The molecule has 1 aliphatic heterocycles. The second-order valence-corrected chi connectivity index (χ2v) is 5.85. The highest BCUT2D eigenvalue weighted by atomic mass is 16.5. The van der Waals surface area contributed by atoms with Crippen LogP contribution in [0.25, 0.3) is 0 Å². The molecule has 0 aliphatic carbocycles. The summed E-state index contributed by atoms with van der Waals surface area (Å²) in [5.74, 6) is 0.936. The van der Waals surface area contributed by atoms with Crippen LogP contribution in [0.2, 0.25) is 0 Å². The highest BCUT2D eigenvalue weighted by molar-refractivity contribution is 4.63. The van der Waals surface area contributed by atoms with Crippen LogP contribution in [0.15, 0.2) is 0 Å². The van der Waals surface area contributed by atoms with Crippen molar-refractivity contribution in [2.45, 2.75) is 90.6 Å². The van der Waals surface area contributed by atoms with Gasteiger partial charge in [-0.15, -0.1) is 0 Å². The number of hydrogen-bond acceptors (Lipinski definition) is 1. The van der Waals surface area contributed by atoms with E-state index in [9.17, 15) is 0 Å². The number of rotatable bonds is 9. The lowest BCUT2D eigenvalue weighted by molar-refractivity contribution is 0.00977. The Morgan fingerprint density at radius 3 is 2.53 bits per heavy atom. The molecule has 1 aliphatic rings. The molecule has 0 N–H and O–H groups in total. The third-order valence-electron chi connectivity index (χ3n) is 4.19. The summed E-state index contributed by atoms with van der Waals surface area (Å²) in [6.45, 7) is 5.69. The minimum absolute atomic E-state index is 0.601. The fraction of sp³-hybridized carbons (Fsp3) is 1.00. The van der Waals surface area contributed by atoms with E-state index >= 15 is 0 Å². The lowest BCUT2D eigenvalue weighted by Gasteiger charge is -2.22. The smallest absolute Gasteiger partial charge is 0.0575 e. The van der Waals surface area contributed by atoms with E-state index in [4.69, 9.17) is 4.74 Å². The third kappa shape index (κ3) is 7.81. The van der Waals surface area contributed by atoms with Crippen LogP contribution in [0.1, 0.15) is 84.5 Å². The maximum atomic E-state index is 5.75. The van der Waals surface area contributed by atoms with Crippen molar-refractivity contribution in [2.75, 3.05) is 6.61 Å². The predicted octanol–water partition coefficient (Wildman–Crippen LogP) is 5.33. The summed E-state index contributed by atoms with van der Waals surface area (Å²) in [6, 6.07) is 0. The summed E-state index contributed by atoms with van der Waals surface area (Å²) in [7, 11) is 0. The van der Waals surface area contributed by atoms with Crippen molar-refractivity contribution in [1.29, 1.82) is 0 Å². The van der Waals surface area contributed by atoms with Crippen molar-refractivity contribution >= 4 is 0 Å². The van der Waals surface area contributed by atoms with E-state index in [1.54, 1.807) is 0 Å². The molecule has 1 saturated heterocycles. The first-order chi connectivity index (χ1) is 8.33. The molecular weight excluding hydrogens is 208 g/mol. The molecule has 0 amide bonds. The highest BCUT2D eigenvalue weighted by Gasteiger charge is 2.12. The average molecular weight is 240 g/mol.